The summed E-state index contributed by atoms with van der Waals surface area (Å²) >= 11 is 1.42. The van der Waals surface area contributed by atoms with Gasteiger partial charge in [0, 0.05) is 50.2 Å². The van der Waals surface area contributed by atoms with E-state index < -0.39 is 0 Å². The maximum absolute atomic E-state index is 13.2. The summed E-state index contributed by atoms with van der Waals surface area (Å²) in [5, 5.41) is 3.76. The summed E-state index contributed by atoms with van der Waals surface area (Å²) in [6.07, 6.45) is 2.13. The van der Waals surface area contributed by atoms with Gasteiger partial charge in [-0.25, -0.2) is 0 Å². The highest BCUT2D eigenvalue weighted by Crippen LogP contribution is 2.25. The summed E-state index contributed by atoms with van der Waals surface area (Å²) in [4.78, 5) is 44.2. The minimum Gasteiger partial charge on any atom is -0.351 e. The summed E-state index contributed by atoms with van der Waals surface area (Å²) in [6, 6.07) is 9.04. The van der Waals surface area contributed by atoms with Crippen LogP contribution in [0.1, 0.15) is 39.4 Å². The molecule has 2 saturated heterocycles. The Bertz CT molecular complexity index is 962. The Morgan fingerprint density at radius 1 is 0.935 bits per heavy atom. The summed E-state index contributed by atoms with van der Waals surface area (Å²) in [5.41, 5.74) is 1.27. The second-order valence-corrected chi connectivity index (χ2v) is 8.81. The molecule has 0 spiro atoms. The number of rotatable bonds is 5. The van der Waals surface area contributed by atoms with Crippen LogP contribution < -0.4 is 0 Å². The molecule has 1 aromatic carbocycles. The predicted molar refractivity (Wildman–Crippen MR) is 116 cm³/mol. The molecular formula is C22H26N4O4S. The molecule has 2 fully saturated rings. The number of thioether (sulfide) groups is 1. The van der Waals surface area contributed by atoms with Gasteiger partial charge in [0.1, 0.15) is 0 Å². The lowest BCUT2D eigenvalue weighted by Crippen LogP contribution is -2.50. The van der Waals surface area contributed by atoms with E-state index in [4.69, 9.17) is 4.52 Å². The van der Waals surface area contributed by atoms with Crippen LogP contribution in [0.3, 0.4) is 0 Å². The van der Waals surface area contributed by atoms with Crippen LogP contribution in [0.25, 0.3) is 0 Å². The molecule has 31 heavy (non-hydrogen) atoms. The Morgan fingerprint density at radius 2 is 1.58 bits per heavy atom. The molecule has 8 nitrogen and oxygen atoms in total. The van der Waals surface area contributed by atoms with Crippen molar-refractivity contribution in [1.29, 1.82) is 0 Å². The maximum Gasteiger partial charge on any atom is 0.292 e. The topological polar surface area (TPSA) is 87.0 Å². The molecule has 0 unspecified atom stereocenters. The maximum atomic E-state index is 13.2. The molecule has 0 N–H and O–H groups in total. The van der Waals surface area contributed by atoms with E-state index >= 15 is 0 Å². The molecule has 0 atom stereocenters. The van der Waals surface area contributed by atoms with Crippen molar-refractivity contribution in [2.24, 2.45) is 0 Å². The summed E-state index contributed by atoms with van der Waals surface area (Å²) < 4.78 is 5.07. The number of aromatic nitrogens is 1. The molecule has 0 saturated carbocycles. The predicted octanol–water partition coefficient (Wildman–Crippen LogP) is 2.30. The van der Waals surface area contributed by atoms with E-state index in [0.29, 0.717) is 43.2 Å². The molecule has 4 rings (SSSR count). The Balaban J connectivity index is 1.35. The largest absolute Gasteiger partial charge is 0.351 e. The second kappa shape index (κ2) is 9.55. The fraction of sp³-hybridized carbons (Fsp3) is 0.455. The summed E-state index contributed by atoms with van der Waals surface area (Å²) in [7, 11) is 0. The first-order valence-electron chi connectivity index (χ1n) is 10.5. The third-order valence-electron chi connectivity index (χ3n) is 5.62. The third-order valence-corrected chi connectivity index (χ3v) is 6.68. The zero-order chi connectivity index (χ0) is 21.8. The van der Waals surface area contributed by atoms with Crippen LogP contribution in [0.2, 0.25) is 0 Å². The number of carbonyl (C=O) groups is 3. The van der Waals surface area contributed by atoms with Gasteiger partial charge in [0.05, 0.1) is 17.0 Å². The van der Waals surface area contributed by atoms with Crippen molar-refractivity contribution in [3.05, 3.63) is 47.3 Å². The van der Waals surface area contributed by atoms with Crippen LogP contribution >= 0.6 is 11.8 Å². The molecular weight excluding hydrogens is 416 g/mol. The molecule has 0 aliphatic carbocycles. The first kappa shape index (κ1) is 21.4. The number of carbonyl (C=O) groups excluding carboxylic acids is 3. The fourth-order valence-corrected chi connectivity index (χ4v) is 4.82. The van der Waals surface area contributed by atoms with E-state index in [-0.39, 0.29) is 23.5 Å². The van der Waals surface area contributed by atoms with Gasteiger partial charge in [-0.3, -0.25) is 14.4 Å². The Kier molecular flexibility index (Phi) is 6.60. The highest BCUT2D eigenvalue weighted by atomic mass is 32.2. The minimum absolute atomic E-state index is 0.0701. The number of hydrogen-bond donors (Lipinski definition) is 0. The lowest BCUT2D eigenvalue weighted by Gasteiger charge is -2.34. The van der Waals surface area contributed by atoms with Crippen molar-refractivity contribution < 1.29 is 18.9 Å². The zero-order valence-corrected chi connectivity index (χ0v) is 18.4. The van der Waals surface area contributed by atoms with Crippen molar-refractivity contribution in [2.45, 2.75) is 24.7 Å². The van der Waals surface area contributed by atoms with Crippen LogP contribution in [-0.4, -0.2) is 82.6 Å². The number of benzene rings is 1. The highest BCUT2D eigenvalue weighted by Gasteiger charge is 2.28. The van der Waals surface area contributed by atoms with E-state index in [2.05, 4.69) is 5.16 Å². The van der Waals surface area contributed by atoms with Gasteiger partial charge in [-0.05, 0) is 31.9 Å². The first-order chi connectivity index (χ1) is 15.0. The smallest absolute Gasteiger partial charge is 0.292 e. The molecule has 0 bridgehead atoms. The molecule has 3 heterocycles. The van der Waals surface area contributed by atoms with E-state index in [9.17, 15) is 14.4 Å². The average molecular weight is 443 g/mol. The first-order valence-corrected chi connectivity index (χ1v) is 11.5. The number of likely N-dealkylation sites (tertiary alicyclic amines) is 1. The average Bonchev–Trinajstić information content (AvgIpc) is 3.49. The number of piperazine rings is 1. The van der Waals surface area contributed by atoms with Gasteiger partial charge in [-0.2, -0.15) is 0 Å². The Hall–Kier alpha value is -2.81. The molecule has 164 valence electrons. The quantitative estimate of drug-likeness (QED) is 0.661. The molecule has 2 aliphatic heterocycles. The summed E-state index contributed by atoms with van der Waals surface area (Å²) in [6.45, 7) is 5.20. The van der Waals surface area contributed by atoms with Crippen LogP contribution in [0.5, 0.6) is 0 Å². The number of nitrogens with zero attached hydrogens (tertiary/aromatic N) is 4. The number of aryl methyl sites for hydroxylation is 1. The van der Waals surface area contributed by atoms with Crippen LogP contribution in [0, 0.1) is 6.92 Å². The Labute approximate surface area is 185 Å². The molecule has 1 aromatic heterocycles. The standard InChI is InChI=1S/C22H26N4O4S/c1-16-14-18(30-23-16)22(29)26-12-10-25(11-13-26)21(28)17-6-2-3-7-19(17)31-15-20(27)24-8-4-5-9-24/h2-3,6-7,14H,4-5,8-13,15H2,1H3. The SMILES string of the molecule is Cc1cc(C(=O)N2CCN(C(=O)c3ccccc3SCC(=O)N3CCCC3)CC2)on1. The highest BCUT2D eigenvalue weighted by molar-refractivity contribution is 8.00. The van der Waals surface area contributed by atoms with Gasteiger partial charge in [-0.15, -0.1) is 11.8 Å². The lowest BCUT2D eigenvalue weighted by molar-refractivity contribution is -0.127. The van der Waals surface area contributed by atoms with Gasteiger partial charge < -0.3 is 19.2 Å². The molecule has 9 heteroatoms. The lowest BCUT2D eigenvalue weighted by atomic mass is 10.1. The van der Waals surface area contributed by atoms with Crippen molar-refractivity contribution >= 4 is 29.5 Å². The minimum atomic E-state index is -0.205. The Morgan fingerprint density at radius 3 is 2.23 bits per heavy atom. The van der Waals surface area contributed by atoms with Crippen LogP contribution in [0.4, 0.5) is 0 Å². The van der Waals surface area contributed by atoms with Gasteiger partial charge >= 0.3 is 0 Å². The second-order valence-electron chi connectivity index (χ2n) is 7.79. The fourth-order valence-electron chi connectivity index (χ4n) is 3.87. The van der Waals surface area contributed by atoms with Crippen molar-refractivity contribution in [2.75, 3.05) is 45.0 Å². The third kappa shape index (κ3) is 4.92. The molecule has 2 aliphatic rings. The molecule has 2 aromatic rings. The van der Waals surface area contributed by atoms with Crippen molar-refractivity contribution in [1.82, 2.24) is 19.9 Å². The molecule has 3 amide bonds. The van der Waals surface area contributed by atoms with Crippen molar-refractivity contribution in [3.8, 4) is 0 Å². The van der Waals surface area contributed by atoms with Crippen LogP contribution in [-0.2, 0) is 4.79 Å². The van der Waals surface area contributed by atoms with Gasteiger partial charge in [0.15, 0.2) is 0 Å². The number of hydrogen-bond acceptors (Lipinski definition) is 6. The van der Waals surface area contributed by atoms with Crippen molar-refractivity contribution in [3.63, 3.8) is 0 Å². The monoisotopic (exact) mass is 442 g/mol. The molecule has 0 radical (unpaired) electrons. The van der Waals surface area contributed by atoms with E-state index in [1.54, 1.807) is 28.9 Å². The van der Waals surface area contributed by atoms with E-state index in [0.717, 1.165) is 30.8 Å². The van der Waals surface area contributed by atoms with Gasteiger partial charge in [-0.1, -0.05) is 17.3 Å². The normalized spacial score (nSPS) is 16.6. The van der Waals surface area contributed by atoms with Crippen LogP contribution in [0.15, 0.2) is 39.8 Å². The van der Waals surface area contributed by atoms with Gasteiger partial charge in [0.25, 0.3) is 11.8 Å². The summed E-state index contributed by atoms with van der Waals surface area (Å²) in [5.74, 6) is 0.410. The van der Waals surface area contributed by atoms with E-state index in [1.807, 2.05) is 23.1 Å². The number of amides is 3. The zero-order valence-electron chi connectivity index (χ0n) is 17.6. The van der Waals surface area contributed by atoms with E-state index in [1.165, 1.54) is 11.8 Å². The van der Waals surface area contributed by atoms with Gasteiger partial charge in [0.2, 0.25) is 11.7 Å².